The summed E-state index contributed by atoms with van der Waals surface area (Å²) in [6, 6.07) is 5.38. The van der Waals surface area contributed by atoms with Crippen molar-refractivity contribution in [3.8, 4) is 0 Å². The topological polar surface area (TPSA) is 63.2 Å². The van der Waals surface area contributed by atoms with Crippen molar-refractivity contribution in [2.45, 2.75) is 34.3 Å². The Kier molecular flexibility index (Phi) is 6.84. The summed E-state index contributed by atoms with van der Waals surface area (Å²) in [5.41, 5.74) is 0. The van der Waals surface area contributed by atoms with Crippen LogP contribution in [0.25, 0.3) is 0 Å². The van der Waals surface area contributed by atoms with Crippen LogP contribution in [-0.4, -0.2) is 23.5 Å². The summed E-state index contributed by atoms with van der Waals surface area (Å²) >= 11 is 23.0. The SMILES string of the molecule is CC(C)CC(=O)NC(C(Cl)(Cl)Cl)S(=O)(=O)c1ccc(Cl)cc1. The molecule has 0 aliphatic carbocycles. The molecule has 0 radical (unpaired) electrons. The molecule has 1 amide bonds. The molecule has 0 saturated carbocycles. The van der Waals surface area contributed by atoms with Crippen LogP contribution in [0.5, 0.6) is 0 Å². The molecule has 124 valence electrons. The van der Waals surface area contributed by atoms with Crippen LogP contribution in [0.4, 0.5) is 0 Å². The number of nitrogens with one attached hydrogen (secondary N) is 1. The lowest BCUT2D eigenvalue weighted by Gasteiger charge is -2.25. The van der Waals surface area contributed by atoms with E-state index in [4.69, 9.17) is 46.4 Å². The Balaban J connectivity index is 3.16. The molecule has 1 unspecified atom stereocenters. The van der Waals surface area contributed by atoms with E-state index >= 15 is 0 Å². The Morgan fingerprint density at radius 2 is 1.68 bits per heavy atom. The van der Waals surface area contributed by atoms with Crippen molar-refractivity contribution in [2.75, 3.05) is 0 Å². The lowest BCUT2D eigenvalue weighted by Crippen LogP contribution is -2.49. The van der Waals surface area contributed by atoms with Crippen molar-refractivity contribution >= 4 is 62.1 Å². The first-order valence-electron chi connectivity index (χ1n) is 6.30. The first-order chi connectivity index (χ1) is 9.94. The third-order valence-electron chi connectivity index (χ3n) is 2.64. The number of rotatable bonds is 5. The highest BCUT2D eigenvalue weighted by Gasteiger charge is 2.44. The Morgan fingerprint density at radius 3 is 2.09 bits per heavy atom. The molecule has 0 aromatic heterocycles. The standard InChI is InChI=1S/C13H15Cl4NO3S/c1-8(2)7-11(19)18-12(13(15,16)17)22(20,21)10-5-3-9(14)4-6-10/h3-6,8,12H,7H2,1-2H3,(H,18,19). The maximum atomic E-state index is 12.6. The Morgan fingerprint density at radius 1 is 1.18 bits per heavy atom. The molecule has 0 heterocycles. The number of sulfone groups is 1. The monoisotopic (exact) mass is 405 g/mol. The van der Waals surface area contributed by atoms with Gasteiger partial charge in [-0.3, -0.25) is 4.79 Å². The van der Waals surface area contributed by atoms with E-state index in [1.807, 2.05) is 13.8 Å². The molecule has 1 aromatic carbocycles. The lowest BCUT2D eigenvalue weighted by atomic mass is 10.1. The van der Waals surface area contributed by atoms with Gasteiger partial charge >= 0.3 is 0 Å². The smallest absolute Gasteiger partial charge is 0.225 e. The van der Waals surface area contributed by atoms with Crippen LogP contribution in [0, 0.1) is 5.92 Å². The predicted octanol–water partition coefficient (Wildman–Crippen LogP) is 3.97. The first kappa shape index (κ1) is 19.8. The second-order valence-corrected chi connectivity index (χ2v) is 9.92. The summed E-state index contributed by atoms with van der Waals surface area (Å²) in [7, 11) is -4.09. The van der Waals surface area contributed by atoms with Gasteiger partial charge in [-0.2, -0.15) is 0 Å². The van der Waals surface area contributed by atoms with Crippen molar-refractivity contribution in [1.82, 2.24) is 5.32 Å². The van der Waals surface area contributed by atoms with E-state index in [1.54, 1.807) is 0 Å². The van der Waals surface area contributed by atoms with E-state index in [1.165, 1.54) is 24.3 Å². The van der Waals surface area contributed by atoms with Crippen molar-refractivity contribution in [2.24, 2.45) is 5.92 Å². The molecule has 22 heavy (non-hydrogen) atoms. The summed E-state index contributed by atoms with van der Waals surface area (Å²) in [4.78, 5) is 11.8. The lowest BCUT2D eigenvalue weighted by molar-refractivity contribution is -0.122. The molecular formula is C13H15Cl4NO3S. The molecule has 0 saturated heterocycles. The molecule has 0 aliphatic heterocycles. The van der Waals surface area contributed by atoms with Crippen molar-refractivity contribution < 1.29 is 13.2 Å². The zero-order chi connectivity index (χ0) is 17.1. The molecule has 1 rings (SSSR count). The van der Waals surface area contributed by atoms with Crippen molar-refractivity contribution in [3.63, 3.8) is 0 Å². The van der Waals surface area contributed by atoms with Crippen molar-refractivity contribution in [1.29, 1.82) is 0 Å². The van der Waals surface area contributed by atoms with E-state index in [2.05, 4.69) is 5.32 Å². The van der Waals surface area contributed by atoms with Gasteiger partial charge in [0.05, 0.1) is 4.90 Å². The van der Waals surface area contributed by atoms with Gasteiger partial charge in [-0.1, -0.05) is 60.3 Å². The molecule has 9 heteroatoms. The molecule has 4 nitrogen and oxygen atoms in total. The molecular weight excluding hydrogens is 392 g/mol. The van der Waals surface area contributed by atoms with Gasteiger partial charge in [-0.05, 0) is 30.2 Å². The van der Waals surface area contributed by atoms with Crippen LogP contribution < -0.4 is 5.32 Å². The van der Waals surface area contributed by atoms with E-state index in [0.717, 1.165) is 0 Å². The average molecular weight is 407 g/mol. The van der Waals surface area contributed by atoms with Gasteiger partial charge < -0.3 is 5.32 Å². The molecule has 1 atom stereocenters. The fraction of sp³-hybridized carbons (Fsp3) is 0.462. The number of hydrogen-bond donors (Lipinski definition) is 1. The van der Waals surface area contributed by atoms with E-state index in [-0.39, 0.29) is 17.2 Å². The van der Waals surface area contributed by atoms with E-state index in [0.29, 0.717) is 5.02 Å². The minimum atomic E-state index is -4.09. The third kappa shape index (κ3) is 5.46. The fourth-order valence-electron chi connectivity index (χ4n) is 1.67. The maximum Gasteiger partial charge on any atom is 0.225 e. The zero-order valence-corrected chi connectivity index (χ0v) is 15.7. The second-order valence-electron chi connectivity index (χ2n) is 5.09. The summed E-state index contributed by atoms with van der Waals surface area (Å²) < 4.78 is 23.0. The highest BCUT2D eigenvalue weighted by atomic mass is 35.6. The van der Waals surface area contributed by atoms with Gasteiger partial charge in [0.2, 0.25) is 19.5 Å². The first-order valence-corrected chi connectivity index (χ1v) is 9.36. The molecule has 1 N–H and O–H groups in total. The number of carbonyl (C=O) groups excluding carboxylic acids is 1. The number of halogens is 4. The quantitative estimate of drug-likeness (QED) is 0.752. The van der Waals surface area contributed by atoms with Crippen LogP contribution in [0.1, 0.15) is 20.3 Å². The van der Waals surface area contributed by atoms with Gasteiger partial charge in [0.15, 0.2) is 5.37 Å². The Hall–Kier alpha value is -0.200. The van der Waals surface area contributed by atoms with Gasteiger partial charge in [0.25, 0.3) is 0 Å². The largest absolute Gasteiger partial charge is 0.336 e. The minimum absolute atomic E-state index is 0.0364. The molecule has 0 bridgehead atoms. The highest BCUT2D eigenvalue weighted by Crippen LogP contribution is 2.36. The number of alkyl halides is 3. The Labute approximate surface area is 150 Å². The fourth-order valence-corrected chi connectivity index (χ4v) is 4.44. The average Bonchev–Trinajstić information content (AvgIpc) is 2.34. The third-order valence-corrected chi connectivity index (χ3v) is 5.95. The van der Waals surface area contributed by atoms with Gasteiger partial charge in [-0.15, -0.1) is 0 Å². The van der Waals surface area contributed by atoms with Crippen LogP contribution in [0.15, 0.2) is 29.2 Å². The summed E-state index contributed by atoms with van der Waals surface area (Å²) in [5.74, 6) is -0.474. The summed E-state index contributed by atoms with van der Waals surface area (Å²) in [6.07, 6.45) is 0.118. The molecule has 0 fully saturated rings. The molecule has 1 aromatic rings. The summed E-state index contributed by atoms with van der Waals surface area (Å²) in [5, 5.41) is 0.958. The number of carbonyl (C=O) groups is 1. The number of amides is 1. The van der Waals surface area contributed by atoms with E-state index in [9.17, 15) is 13.2 Å². The normalized spacial score (nSPS) is 14.0. The summed E-state index contributed by atoms with van der Waals surface area (Å²) in [6.45, 7) is 3.63. The van der Waals surface area contributed by atoms with Crippen LogP contribution in [0.2, 0.25) is 5.02 Å². The maximum absolute atomic E-state index is 12.6. The predicted molar refractivity (Wildman–Crippen MR) is 90.3 cm³/mol. The second kappa shape index (κ2) is 7.58. The number of benzene rings is 1. The van der Waals surface area contributed by atoms with Crippen LogP contribution in [0.3, 0.4) is 0 Å². The van der Waals surface area contributed by atoms with Gasteiger partial charge in [0, 0.05) is 11.4 Å². The Bertz CT molecular complexity index is 624. The van der Waals surface area contributed by atoms with Crippen molar-refractivity contribution in [3.05, 3.63) is 29.3 Å². The zero-order valence-electron chi connectivity index (χ0n) is 11.8. The van der Waals surface area contributed by atoms with Gasteiger partial charge in [0.1, 0.15) is 0 Å². The number of hydrogen-bond acceptors (Lipinski definition) is 3. The highest BCUT2D eigenvalue weighted by molar-refractivity contribution is 7.92. The van der Waals surface area contributed by atoms with Crippen LogP contribution in [-0.2, 0) is 14.6 Å². The molecule has 0 spiro atoms. The van der Waals surface area contributed by atoms with E-state index < -0.39 is 24.9 Å². The minimum Gasteiger partial charge on any atom is -0.336 e. The van der Waals surface area contributed by atoms with Crippen LogP contribution >= 0.6 is 46.4 Å². The molecule has 0 aliphatic rings. The van der Waals surface area contributed by atoms with Gasteiger partial charge in [-0.25, -0.2) is 8.42 Å².